The lowest BCUT2D eigenvalue weighted by Gasteiger charge is -2.07. The first-order chi connectivity index (χ1) is 9.22. The van der Waals surface area contributed by atoms with Crippen molar-refractivity contribution in [2.75, 3.05) is 5.32 Å². The molecule has 0 unspecified atom stereocenters. The van der Waals surface area contributed by atoms with E-state index in [1.807, 2.05) is 18.2 Å². The van der Waals surface area contributed by atoms with Gasteiger partial charge in [0.05, 0.1) is 11.3 Å². The van der Waals surface area contributed by atoms with Gasteiger partial charge in [0, 0.05) is 30.0 Å². The third kappa shape index (κ3) is 3.62. The van der Waals surface area contributed by atoms with Crippen LogP contribution in [0, 0.1) is 11.3 Å². The maximum Gasteiger partial charge on any atom is 0.101 e. The third-order valence-corrected chi connectivity index (χ3v) is 3.37. The summed E-state index contributed by atoms with van der Waals surface area (Å²) in [4.78, 5) is 0. The van der Waals surface area contributed by atoms with Crippen molar-refractivity contribution in [1.29, 1.82) is 5.26 Å². The Hall–Kier alpha value is -1.73. The van der Waals surface area contributed by atoms with Crippen LogP contribution in [0.2, 0.25) is 0 Å². The number of aromatic nitrogens is 1. The van der Waals surface area contributed by atoms with Crippen molar-refractivity contribution in [2.24, 2.45) is 0 Å². The largest absolute Gasteiger partial charge is 0.380 e. The van der Waals surface area contributed by atoms with Crippen molar-refractivity contribution in [2.45, 2.75) is 26.4 Å². The van der Waals surface area contributed by atoms with Crippen molar-refractivity contribution < 1.29 is 0 Å². The van der Waals surface area contributed by atoms with Gasteiger partial charge in [0.2, 0.25) is 0 Å². The van der Waals surface area contributed by atoms with Gasteiger partial charge in [0.25, 0.3) is 0 Å². The van der Waals surface area contributed by atoms with Crippen molar-refractivity contribution in [3.63, 3.8) is 0 Å². The average Bonchev–Trinajstić information content (AvgIpc) is 2.85. The van der Waals surface area contributed by atoms with Crippen LogP contribution in [0.15, 0.2) is 41.1 Å². The molecule has 19 heavy (non-hydrogen) atoms. The number of nitriles is 1. The van der Waals surface area contributed by atoms with E-state index in [1.165, 1.54) is 5.56 Å². The fourth-order valence-electron chi connectivity index (χ4n) is 1.95. The second-order valence-electron chi connectivity index (χ2n) is 4.41. The summed E-state index contributed by atoms with van der Waals surface area (Å²) in [5.41, 5.74) is 2.74. The summed E-state index contributed by atoms with van der Waals surface area (Å²) >= 11 is 3.42. The zero-order chi connectivity index (χ0) is 13.7. The molecule has 0 fully saturated rings. The van der Waals surface area contributed by atoms with Crippen LogP contribution in [0.5, 0.6) is 0 Å². The lowest BCUT2D eigenvalue weighted by atomic mass is 10.2. The second-order valence-corrected chi connectivity index (χ2v) is 5.33. The molecule has 2 rings (SSSR count). The average molecular weight is 318 g/mol. The van der Waals surface area contributed by atoms with Crippen LogP contribution in [0.3, 0.4) is 0 Å². The molecule has 0 radical (unpaired) electrons. The normalized spacial score (nSPS) is 10.2. The summed E-state index contributed by atoms with van der Waals surface area (Å²) in [6.45, 7) is 3.93. The summed E-state index contributed by atoms with van der Waals surface area (Å²) in [7, 11) is 0. The minimum atomic E-state index is 0.663. The summed E-state index contributed by atoms with van der Waals surface area (Å²) in [6, 6.07) is 9.92. The quantitative estimate of drug-likeness (QED) is 0.900. The highest BCUT2D eigenvalue weighted by atomic mass is 79.9. The predicted molar refractivity (Wildman–Crippen MR) is 80.9 cm³/mol. The first kappa shape index (κ1) is 13.7. The van der Waals surface area contributed by atoms with E-state index in [1.54, 1.807) is 0 Å². The Morgan fingerprint density at radius 1 is 1.37 bits per heavy atom. The summed E-state index contributed by atoms with van der Waals surface area (Å²) in [5, 5.41) is 12.4. The van der Waals surface area contributed by atoms with E-state index in [4.69, 9.17) is 5.26 Å². The van der Waals surface area contributed by atoms with E-state index >= 15 is 0 Å². The Kier molecular flexibility index (Phi) is 4.64. The number of nitrogens with zero attached hydrogens (tertiary/aromatic N) is 2. The lowest BCUT2D eigenvalue weighted by Crippen LogP contribution is -2.01. The van der Waals surface area contributed by atoms with Crippen molar-refractivity contribution in [3.8, 4) is 6.07 Å². The summed E-state index contributed by atoms with van der Waals surface area (Å²) in [6.07, 6.45) is 5.36. The van der Waals surface area contributed by atoms with Crippen LogP contribution in [-0.4, -0.2) is 4.57 Å². The molecule has 2 aromatic rings. The van der Waals surface area contributed by atoms with E-state index in [-0.39, 0.29) is 0 Å². The second kappa shape index (κ2) is 6.44. The number of hydrogen-bond acceptors (Lipinski definition) is 2. The predicted octanol–water partition coefficient (Wildman–Crippen LogP) is 4.14. The molecule has 1 aromatic heterocycles. The van der Waals surface area contributed by atoms with Gasteiger partial charge in [0.15, 0.2) is 0 Å². The molecule has 1 N–H and O–H groups in total. The number of halogens is 1. The SMILES string of the molecule is CCCn1ccc(CNc2cc(Br)ccc2C#N)c1. The van der Waals surface area contributed by atoms with Gasteiger partial charge in [0.1, 0.15) is 6.07 Å². The number of aryl methyl sites for hydroxylation is 1. The molecular weight excluding hydrogens is 302 g/mol. The van der Waals surface area contributed by atoms with Crippen molar-refractivity contribution in [1.82, 2.24) is 4.57 Å². The highest BCUT2D eigenvalue weighted by Crippen LogP contribution is 2.21. The fourth-order valence-corrected chi connectivity index (χ4v) is 2.31. The van der Waals surface area contributed by atoms with E-state index in [9.17, 15) is 0 Å². The van der Waals surface area contributed by atoms with Gasteiger partial charge in [-0.2, -0.15) is 5.26 Å². The molecule has 0 aliphatic carbocycles. The van der Waals surface area contributed by atoms with Crippen LogP contribution in [0.1, 0.15) is 24.5 Å². The van der Waals surface area contributed by atoms with Crippen molar-refractivity contribution >= 4 is 21.6 Å². The maximum absolute atomic E-state index is 9.07. The molecule has 4 heteroatoms. The Bertz CT molecular complexity index is 596. The standard InChI is InChI=1S/C15H16BrN3/c1-2-6-19-7-5-12(11-19)10-18-15-8-14(16)4-3-13(15)9-17/h3-5,7-8,11,18H,2,6,10H2,1H3. The fraction of sp³-hybridized carbons (Fsp3) is 0.267. The molecule has 1 aromatic carbocycles. The molecule has 0 aliphatic heterocycles. The molecule has 0 bridgehead atoms. The zero-order valence-corrected chi connectivity index (χ0v) is 12.4. The summed E-state index contributed by atoms with van der Waals surface area (Å²) in [5.74, 6) is 0. The molecule has 1 heterocycles. The lowest BCUT2D eigenvalue weighted by molar-refractivity contribution is 0.682. The molecule has 0 saturated carbocycles. The van der Waals surface area contributed by atoms with Crippen LogP contribution in [0.25, 0.3) is 0 Å². The van der Waals surface area contributed by atoms with Gasteiger partial charge in [-0.25, -0.2) is 0 Å². The third-order valence-electron chi connectivity index (χ3n) is 2.88. The van der Waals surface area contributed by atoms with Gasteiger partial charge >= 0.3 is 0 Å². The molecule has 0 spiro atoms. The van der Waals surface area contributed by atoms with Crippen LogP contribution >= 0.6 is 15.9 Å². The highest BCUT2D eigenvalue weighted by Gasteiger charge is 2.03. The first-order valence-corrected chi connectivity index (χ1v) is 7.10. The van der Waals surface area contributed by atoms with Crippen LogP contribution < -0.4 is 5.32 Å². The van der Waals surface area contributed by atoms with E-state index in [2.05, 4.69) is 57.3 Å². The number of nitrogens with one attached hydrogen (secondary N) is 1. The minimum Gasteiger partial charge on any atom is -0.380 e. The Balaban J connectivity index is 2.05. The molecule has 98 valence electrons. The molecule has 0 saturated heterocycles. The molecule has 0 atom stereocenters. The van der Waals surface area contributed by atoms with Gasteiger partial charge in [-0.05, 0) is 36.2 Å². The smallest absolute Gasteiger partial charge is 0.101 e. The minimum absolute atomic E-state index is 0.663. The number of benzene rings is 1. The van der Waals surface area contributed by atoms with Crippen LogP contribution in [0.4, 0.5) is 5.69 Å². The Labute approximate surface area is 122 Å². The molecule has 0 aliphatic rings. The number of hydrogen-bond donors (Lipinski definition) is 1. The summed E-state index contributed by atoms with van der Waals surface area (Å²) < 4.78 is 3.15. The van der Waals surface area contributed by atoms with E-state index < -0.39 is 0 Å². The van der Waals surface area contributed by atoms with Gasteiger partial charge in [-0.15, -0.1) is 0 Å². The monoisotopic (exact) mass is 317 g/mol. The first-order valence-electron chi connectivity index (χ1n) is 6.31. The number of anilines is 1. The van der Waals surface area contributed by atoms with Gasteiger partial charge < -0.3 is 9.88 Å². The van der Waals surface area contributed by atoms with Gasteiger partial charge in [-0.1, -0.05) is 22.9 Å². The Morgan fingerprint density at radius 2 is 2.21 bits per heavy atom. The van der Waals surface area contributed by atoms with E-state index in [0.29, 0.717) is 5.56 Å². The Morgan fingerprint density at radius 3 is 2.95 bits per heavy atom. The maximum atomic E-state index is 9.07. The zero-order valence-electron chi connectivity index (χ0n) is 10.9. The molecular formula is C15H16BrN3. The van der Waals surface area contributed by atoms with Crippen molar-refractivity contribution in [3.05, 3.63) is 52.3 Å². The molecule has 3 nitrogen and oxygen atoms in total. The number of rotatable bonds is 5. The van der Waals surface area contributed by atoms with Crippen LogP contribution in [-0.2, 0) is 13.1 Å². The highest BCUT2D eigenvalue weighted by molar-refractivity contribution is 9.10. The van der Waals surface area contributed by atoms with Gasteiger partial charge in [-0.3, -0.25) is 0 Å². The van der Waals surface area contributed by atoms with E-state index in [0.717, 1.165) is 29.7 Å². The topological polar surface area (TPSA) is 40.8 Å². The molecule has 0 amide bonds.